The molecule has 6 heterocycles. The second kappa shape index (κ2) is 24.3. The van der Waals surface area contributed by atoms with Crippen molar-refractivity contribution in [3.05, 3.63) is 381 Å². The van der Waals surface area contributed by atoms with Crippen molar-refractivity contribution in [3.63, 3.8) is 0 Å². The number of para-hydroxylation sites is 4. The van der Waals surface area contributed by atoms with Crippen molar-refractivity contribution in [2.45, 2.75) is 26.2 Å². The number of hydrogen-bond donors (Lipinski definition) is 0. The highest BCUT2D eigenvalue weighted by molar-refractivity contribution is 7.00. The molecule has 2 aliphatic rings. The highest BCUT2D eigenvalue weighted by atomic mass is 15.1. The molecular weight excluding hydrogens is 1340 g/mol. The summed E-state index contributed by atoms with van der Waals surface area (Å²) in [5, 5.41) is 5.06. The largest absolute Gasteiger partial charge is 0.309 e. The van der Waals surface area contributed by atoms with Crippen molar-refractivity contribution >= 4 is 153 Å². The topological polar surface area (TPSA) is 19.7 Å². The van der Waals surface area contributed by atoms with Gasteiger partial charge in [-0.2, -0.15) is 0 Å². The molecule has 0 spiro atoms. The fourth-order valence-electron chi connectivity index (χ4n) is 17.8. The van der Waals surface area contributed by atoms with Crippen molar-refractivity contribution in [2.24, 2.45) is 0 Å². The predicted octanol–water partition coefficient (Wildman–Crippen LogP) is 26.0. The van der Waals surface area contributed by atoms with Gasteiger partial charge in [-0.3, -0.25) is 0 Å². The molecule has 4 nitrogen and oxygen atoms in total. The zero-order chi connectivity index (χ0) is 90.7. The molecule has 21 aromatic rings. The minimum atomic E-state index is -1.70. The predicted molar refractivity (Wildman–Crippen MR) is 474 cm³/mol. The summed E-state index contributed by atoms with van der Waals surface area (Å²) < 4.78 is 221. The lowest BCUT2D eigenvalue weighted by molar-refractivity contribution is 0.589. The Bertz CT molecular complexity index is 8500. The van der Waals surface area contributed by atoms with Crippen LogP contribution in [0.3, 0.4) is 0 Å². The fourth-order valence-corrected chi connectivity index (χ4v) is 17.8. The minimum absolute atomic E-state index is 0.00887. The zero-order valence-electron chi connectivity index (χ0n) is 80.1. The molecule has 0 saturated carbocycles. The third-order valence-electron chi connectivity index (χ3n) is 22.6. The van der Waals surface area contributed by atoms with Crippen LogP contribution in [0.25, 0.3) is 198 Å². The van der Waals surface area contributed by atoms with Gasteiger partial charge in [0.25, 0.3) is 6.71 Å². The molecular formula is C106H71BN4. The Morgan fingerprint density at radius 2 is 0.577 bits per heavy atom. The van der Waals surface area contributed by atoms with E-state index >= 15 is 0 Å². The summed E-state index contributed by atoms with van der Waals surface area (Å²) in [6, 6.07) is 68.5. The van der Waals surface area contributed by atoms with Gasteiger partial charge in [0.1, 0.15) is 0 Å². The molecule has 518 valence electrons. The van der Waals surface area contributed by atoms with Crippen LogP contribution in [0.15, 0.2) is 376 Å². The monoisotopic (exact) mass is 1430 g/mol. The Morgan fingerprint density at radius 3 is 0.973 bits per heavy atom. The smallest absolute Gasteiger partial charge is 0.252 e. The lowest BCUT2D eigenvalue weighted by Crippen LogP contribution is -2.60. The van der Waals surface area contributed by atoms with Crippen molar-refractivity contribution < 1.29 is 27.4 Å². The van der Waals surface area contributed by atoms with Crippen LogP contribution in [0.5, 0.6) is 0 Å². The van der Waals surface area contributed by atoms with Crippen LogP contribution in [-0.2, 0) is 5.41 Å². The standard InChI is InChI=1S/C106H71BN4/c1-106(2,3)72-64-97-101-98(65-72)111-103-74(69-36-14-7-15-37-69)49-29-51-86(103)80-43-19-17-39-76(80)78-41-21-23-47-84(78)100-96(109-92-53-27-25-45-82(92)88-63-71(55-59-94(88)109)67-32-10-5-11-33-67)61-57-90(105(100)111)107(101)89-56-60-95(108-91-52-26-24-44-81(91)87-62-70(54-58-93(87)108)66-30-8-4-9-31-66)99-83-46-22-20-40-77(83)75-38-16-18-42-79(75)85-50-28-48-73(68-34-12-6-13-35-68)102(85)110(97)104(89)99/h4-65H,1-3H3/i24D,25D,26D,27D,44D,45D,52D,53D,54D,55D,56D,57D,58D,59D,60D,61D,62D,63D,64D,65D. The third-order valence-corrected chi connectivity index (χ3v) is 22.6. The summed E-state index contributed by atoms with van der Waals surface area (Å²) in [5.74, 6) is 0. The van der Waals surface area contributed by atoms with Gasteiger partial charge in [0.05, 0.1) is 82.9 Å². The molecule has 17 aromatic carbocycles. The van der Waals surface area contributed by atoms with Crippen molar-refractivity contribution in [1.82, 2.24) is 18.3 Å². The molecule has 0 saturated heterocycles. The molecule has 0 aliphatic carbocycles. The van der Waals surface area contributed by atoms with Gasteiger partial charge in [-0.05, 0) is 164 Å². The SMILES string of the molecule is [2H]c1c2c3c(c([2H])c1C(C)(C)C)-n1c4c(-c5ccccc5)cccc4c4ccccc4c4ccccc4c4c(-n5c6c([2H])c([2H])c([2H])c([2H])c6c6c([2H])c(-c7ccccc7)c([2H])c([2H])c65)c([2H])c([2H])c(c41)B3c1c([2H])c([2H])c(-n3c4c([2H])c([2H])c([2H])c([2H])c4c4c([2H])c(-c5ccccc5)c([2H])c([2H])c43)c3c4ccccc4c4ccccc4c4cccc(-c5ccccc5)c4n-2c13. The summed E-state index contributed by atoms with van der Waals surface area (Å²) >= 11 is 0. The van der Waals surface area contributed by atoms with E-state index < -0.39 is 109 Å². The van der Waals surface area contributed by atoms with Crippen molar-refractivity contribution in [1.29, 1.82) is 0 Å². The highest BCUT2D eigenvalue weighted by Gasteiger charge is 2.42. The third kappa shape index (κ3) is 9.30. The molecule has 5 heteroatoms. The van der Waals surface area contributed by atoms with E-state index in [1.54, 1.807) is 60.7 Å². The number of fused-ring (bicyclic) bond motifs is 24. The molecule has 111 heavy (non-hydrogen) atoms. The Morgan fingerprint density at radius 1 is 0.243 bits per heavy atom. The van der Waals surface area contributed by atoms with Crippen LogP contribution in [0.2, 0.25) is 0 Å². The number of benzene rings is 17. The lowest BCUT2D eigenvalue weighted by atomic mass is 9.34. The van der Waals surface area contributed by atoms with Crippen LogP contribution in [0.4, 0.5) is 0 Å². The van der Waals surface area contributed by atoms with Crippen LogP contribution in [0.1, 0.15) is 53.7 Å². The van der Waals surface area contributed by atoms with Crippen LogP contribution >= 0.6 is 0 Å². The van der Waals surface area contributed by atoms with E-state index in [1.165, 1.54) is 9.13 Å². The van der Waals surface area contributed by atoms with Crippen LogP contribution < -0.4 is 16.4 Å². The molecule has 0 amide bonds. The van der Waals surface area contributed by atoms with Gasteiger partial charge in [-0.15, -0.1) is 0 Å². The van der Waals surface area contributed by atoms with Gasteiger partial charge in [-0.25, -0.2) is 0 Å². The summed E-state index contributed by atoms with van der Waals surface area (Å²) in [4.78, 5) is 0. The second-order valence-corrected chi connectivity index (χ2v) is 29.7. The van der Waals surface area contributed by atoms with Gasteiger partial charge < -0.3 is 18.3 Å². The van der Waals surface area contributed by atoms with Gasteiger partial charge in [0, 0.05) is 65.6 Å². The first kappa shape index (κ1) is 46.3. The summed E-state index contributed by atoms with van der Waals surface area (Å²) in [6.45, 7) is 4.09. The summed E-state index contributed by atoms with van der Waals surface area (Å²) in [5.41, 5.74) is 2.04. The average molecular weight is 1430 g/mol. The molecule has 23 rings (SSSR count). The number of aromatic nitrogens is 4. The molecule has 4 aromatic heterocycles. The number of nitrogens with zero attached hydrogens (tertiary/aromatic N) is 4. The Kier molecular flexibility index (Phi) is 10.1. The fraction of sp³-hybridized carbons (Fsp3) is 0.0377. The van der Waals surface area contributed by atoms with E-state index in [4.69, 9.17) is 0 Å². The molecule has 0 fully saturated rings. The van der Waals surface area contributed by atoms with Crippen molar-refractivity contribution in [2.75, 3.05) is 0 Å². The average Bonchev–Trinajstić information content (AvgIpc) is 1.63. The van der Waals surface area contributed by atoms with E-state index in [-0.39, 0.29) is 145 Å². The molecule has 0 unspecified atom stereocenters. The number of hydrogen-bond acceptors (Lipinski definition) is 0. The van der Waals surface area contributed by atoms with Gasteiger partial charge in [-0.1, -0.05) is 336 Å². The maximum Gasteiger partial charge on any atom is 0.252 e. The van der Waals surface area contributed by atoms with Crippen LogP contribution in [-0.4, -0.2) is 25.0 Å². The van der Waals surface area contributed by atoms with Gasteiger partial charge >= 0.3 is 0 Å². The quantitative estimate of drug-likeness (QED) is 0.148. The first-order valence-electron chi connectivity index (χ1n) is 47.2. The van der Waals surface area contributed by atoms with E-state index in [9.17, 15) is 27.4 Å². The maximum atomic E-state index is 12.0. The van der Waals surface area contributed by atoms with E-state index in [2.05, 4.69) is 0 Å². The Labute approximate surface area is 670 Å². The van der Waals surface area contributed by atoms with Gasteiger partial charge in [0.2, 0.25) is 0 Å². The second-order valence-electron chi connectivity index (χ2n) is 29.7. The minimum Gasteiger partial charge on any atom is -0.309 e. The Balaban J connectivity index is 1.08. The zero-order valence-corrected chi connectivity index (χ0v) is 60.1. The molecule has 0 atom stereocenters. The molecule has 2 aliphatic heterocycles. The highest BCUT2D eigenvalue weighted by Crippen LogP contribution is 2.49. The summed E-state index contributed by atoms with van der Waals surface area (Å²) in [6.07, 6.45) is 0. The molecule has 0 radical (unpaired) electrons. The lowest BCUT2D eigenvalue weighted by Gasteiger charge is -2.38. The first-order chi connectivity index (χ1) is 63.2. The first-order valence-corrected chi connectivity index (χ1v) is 37.2. The molecule has 0 N–H and O–H groups in total. The Hall–Kier alpha value is -14.0. The normalized spacial score (nSPS) is 15.0. The van der Waals surface area contributed by atoms with E-state index in [0.717, 1.165) is 0 Å². The number of rotatable bonds is 6. The van der Waals surface area contributed by atoms with Gasteiger partial charge in [0.15, 0.2) is 0 Å². The maximum absolute atomic E-state index is 12.0. The molecule has 0 bridgehead atoms. The van der Waals surface area contributed by atoms with Crippen LogP contribution in [0, 0.1) is 0 Å². The summed E-state index contributed by atoms with van der Waals surface area (Å²) in [7, 11) is 0. The van der Waals surface area contributed by atoms with E-state index in [1.807, 2.05) is 224 Å². The van der Waals surface area contributed by atoms with E-state index in [0.29, 0.717) is 98.3 Å². The van der Waals surface area contributed by atoms with Crippen molar-refractivity contribution in [3.8, 4) is 67.3 Å².